The molecule has 0 atom stereocenters. The lowest BCUT2D eigenvalue weighted by Gasteiger charge is -2.09. The molecular formula is C16H13ClFNO. The molecule has 0 spiro atoms. The van der Waals surface area contributed by atoms with Crippen LogP contribution in [0.15, 0.2) is 36.4 Å². The van der Waals surface area contributed by atoms with Gasteiger partial charge in [-0.05, 0) is 36.2 Å². The maximum absolute atomic E-state index is 14.0. The fraction of sp³-hybridized carbons (Fsp3) is 0.188. The third kappa shape index (κ3) is 3.09. The standard InChI is InChI=1S/C16H13ClFNO/c1-2-7-20-13-5-3-12(4-6-13)16-14(17)8-11(10-19)9-15(16)18/h3-6,8-9H,2,7H2,1H3. The van der Waals surface area contributed by atoms with Crippen LogP contribution in [0.2, 0.25) is 5.02 Å². The first-order valence-electron chi connectivity index (χ1n) is 6.28. The molecule has 2 aromatic rings. The van der Waals surface area contributed by atoms with Crippen LogP contribution in [-0.2, 0) is 0 Å². The number of ether oxygens (including phenoxy) is 1. The normalized spacial score (nSPS) is 10.1. The molecule has 0 bridgehead atoms. The Balaban J connectivity index is 2.35. The average Bonchev–Trinajstić information content (AvgIpc) is 2.45. The zero-order chi connectivity index (χ0) is 14.5. The molecule has 20 heavy (non-hydrogen) atoms. The Hall–Kier alpha value is -2.05. The van der Waals surface area contributed by atoms with Gasteiger partial charge in [0.25, 0.3) is 0 Å². The van der Waals surface area contributed by atoms with Crippen LogP contribution in [0.3, 0.4) is 0 Å². The average molecular weight is 290 g/mol. The van der Waals surface area contributed by atoms with E-state index in [-0.39, 0.29) is 10.6 Å². The van der Waals surface area contributed by atoms with Crippen molar-refractivity contribution in [1.29, 1.82) is 5.26 Å². The van der Waals surface area contributed by atoms with Crippen LogP contribution >= 0.6 is 11.6 Å². The molecule has 0 saturated carbocycles. The van der Waals surface area contributed by atoms with Gasteiger partial charge in [0.2, 0.25) is 0 Å². The molecule has 0 aromatic heterocycles. The summed E-state index contributed by atoms with van der Waals surface area (Å²) in [6.45, 7) is 2.67. The lowest BCUT2D eigenvalue weighted by atomic mass is 10.0. The molecule has 0 unspecified atom stereocenters. The molecule has 2 nitrogen and oxygen atoms in total. The third-order valence-corrected chi connectivity index (χ3v) is 3.09. The van der Waals surface area contributed by atoms with Gasteiger partial charge in [-0.3, -0.25) is 0 Å². The fourth-order valence-electron chi connectivity index (χ4n) is 1.85. The lowest BCUT2D eigenvalue weighted by Crippen LogP contribution is -1.95. The van der Waals surface area contributed by atoms with Gasteiger partial charge in [0, 0.05) is 5.56 Å². The van der Waals surface area contributed by atoms with E-state index in [1.54, 1.807) is 24.3 Å². The van der Waals surface area contributed by atoms with Crippen LogP contribution in [0, 0.1) is 17.1 Å². The highest BCUT2D eigenvalue weighted by Crippen LogP contribution is 2.32. The van der Waals surface area contributed by atoms with Crippen molar-refractivity contribution >= 4 is 11.6 Å². The van der Waals surface area contributed by atoms with Crippen molar-refractivity contribution in [3.8, 4) is 22.9 Å². The molecule has 0 N–H and O–H groups in total. The number of nitrogens with zero attached hydrogens (tertiary/aromatic N) is 1. The first-order chi connectivity index (χ1) is 9.65. The molecule has 0 fully saturated rings. The second-order valence-electron chi connectivity index (χ2n) is 4.30. The number of benzene rings is 2. The number of hydrogen-bond acceptors (Lipinski definition) is 2. The number of nitriles is 1. The molecule has 0 amide bonds. The molecule has 0 heterocycles. The Morgan fingerprint density at radius 1 is 1.25 bits per heavy atom. The van der Waals surface area contributed by atoms with E-state index < -0.39 is 5.82 Å². The second-order valence-corrected chi connectivity index (χ2v) is 4.71. The zero-order valence-electron chi connectivity index (χ0n) is 11.0. The van der Waals surface area contributed by atoms with Crippen LogP contribution in [-0.4, -0.2) is 6.61 Å². The van der Waals surface area contributed by atoms with E-state index in [0.29, 0.717) is 17.7 Å². The maximum Gasteiger partial charge on any atom is 0.133 e. The molecule has 4 heteroatoms. The summed E-state index contributed by atoms with van der Waals surface area (Å²) in [7, 11) is 0. The molecule has 0 aliphatic carbocycles. The highest BCUT2D eigenvalue weighted by atomic mass is 35.5. The highest BCUT2D eigenvalue weighted by molar-refractivity contribution is 6.33. The highest BCUT2D eigenvalue weighted by Gasteiger charge is 2.12. The predicted molar refractivity (Wildman–Crippen MR) is 77.3 cm³/mol. The Morgan fingerprint density at radius 3 is 2.50 bits per heavy atom. The summed E-state index contributed by atoms with van der Waals surface area (Å²) in [6.07, 6.45) is 0.928. The summed E-state index contributed by atoms with van der Waals surface area (Å²) >= 11 is 6.05. The summed E-state index contributed by atoms with van der Waals surface area (Å²) in [5.74, 6) is 0.233. The van der Waals surface area contributed by atoms with E-state index in [4.69, 9.17) is 21.6 Å². The van der Waals surface area contributed by atoms with Gasteiger partial charge in [-0.2, -0.15) is 5.26 Å². The minimum atomic E-state index is -0.503. The van der Waals surface area contributed by atoms with E-state index in [1.165, 1.54) is 12.1 Å². The third-order valence-electron chi connectivity index (χ3n) is 2.79. The lowest BCUT2D eigenvalue weighted by molar-refractivity contribution is 0.317. The smallest absolute Gasteiger partial charge is 0.133 e. The summed E-state index contributed by atoms with van der Waals surface area (Å²) in [5, 5.41) is 9.00. The summed E-state index contributed by atoms with van der Waals surface area (Å²) in [6, 6.07) is 11.6. The second kappa shape index (κ2) is 6.40. The largest absolute Gasteiger partial charge is 0.494 e. The van der Waals surface area contributed by atoms with Crippen molar-refractivity contribution in [2.24, 2.45) is 0 Å². The topological polar surface area (TPSA) is 33.0 Å². The van der Waals surface area contributed by atoms with Crippen molar-refractivity contribution in [1.82, 2.24) is 0 Å². The molecule has 0 aliphatic heterocycles. The molecule has 102 valence electrons. The SMILES string of the molecule is CCCOc1ccc(-c2c(F)cc(C#N)cc2Cl)cc1. The van der Waals surface area contributed by atoms with Crippen molar-refractivity contribution < 1.29 is 9.13 Å². The Morgan fingerprint density at radius 2 is 1.95 bits per heavy atom. The van der Waals surface area contributed by atoms with Crippen LogP contribution in [0.5, 0.6) is 5.75 Å². The quantitative estimate of drug-likeness (QED) is 0.809. The summed E-state index contributed by atoms with van der Waals surface area (Å²) < 4.78 is 19.5. The summed E-state index contributed by atoms with van der Waals surface area (Å²) in [4.78, 5) is 0. The predicted octanol–water partition coefficient (Wildman–Crippen LogP) is 4.81. The first-order valence-corrected chi connectivity index (χ1v) is 6.66. The Kier molecular flexibility index (Phi) is 4.60. The molecule has 0 radical (unpaired) electrons. The van der Waals surface area contributed by atoms with Gasteiger partial charge in [0.05, 0.1) is 23.3 Å². The maximum atomic E-state index is 14.0. The minimum Gasteiger partial charge on any atom is -0.494 e. The van der Waals surface area contributed by atoms with Gasteiger partial charge in [-0.15, -0.1) is 0 Å². The van der Waals surface area contributed by atoms with Crippen molar-refractivity contribution in [2.45, 2.75) is 13.3 Å². The monoisotopic (exact) mass is 289 g/mol. The van der Waals surface area contributed by atoms with Crippen molar-refractivity contribution in [3.05, 3.63) is 52.8 Å². The van der Waals surface area contributed by atoms with Gasteiger partial charge >= 0.3 is 0 Å². The number of hydrogen-bond donors (Lipinski definition) is 0. The van der Waals surface area contributed by atoms with Gasteiger partial charge in [0.15, 0.2) is 0 Å². The minimum absolute atomic E-state index is 0.208. The molecule has 2 aromatic carbocycles. The van der Waals surface area contributed by atoms with Crippen molar-refractivity contribution in [3.63, 3.8) is 0 Å². The fourth-order valence-corrected chi connectivity index (χ4v) is 2.17. The van der Waals surface area contributed by atoms with Crippen LogP contribution in [0.1, 0.15) is 18.9 Å². The van der Waals surface area contributed by atoms with E-state index in [2.05, 4.69) is 0 Å². The van der Waals surface area contributed by atoms with Gasteiger partial charge < -0.3 is 4.74 Å². The number of halogens is 2. The Labute approximate surface area is 122 Å². The number of rotatable bonds is 4. The molecular weight excluding hydrogens is 277 g/mol. The Bertz CT molecular complexity index is 624. The first kappa shape index (κ1) is 14.4. The molecule has 0 saturated heterocycles. The summed E-state index contributed by atoms with van der Waals surface area (Å²) in [5.41, 5.74) is 1.16. The molecule has 0 aliphatic rings. The van der Waals surface area contributed by atoms with Crippen LogP contribution < -0.4 is 4.74 Å². The van der Waals surface area contributed by atoms with Gasteiger partial charge in [0.1, 0.15) is 11.6 Å². The van der Waals surface area contributed by atoms with Crippen LogP contribution in [0.25, 0.3) is 11.1 Å². The van der Waals surface area contributed by atoms with Gasteiger partial charge in [-0.25, -0.2) is 4.39 Å². The van der Waals surface area contributed by atoms with E-state index in [0.717, 1.165) is 12.2 Å². The van der Waals surface area contributed by atoms with Crippen molar-refractivity contribution in [2.75, 3.05) is 6.61 Å². The van der Waals surface area contributed by atoms with E-state index in [1.807, 2.05) is 13.0 Å². The zero-order valence-corrected chi connectivity index (χ0v) is 11.7. The van der Waals surface area contributed by atoms with E-state index >= 15 is 0 Å². The van der Waals surface area contributed by atoms with Gasteiger partial charge in [-0.1, -0.05) is 30.7 Å². The van der Waals surface area contributed by atoms with Crippen LogP contribution in [0.4, 0.5) is 4.39 Å². The molecule has 2 rings (SSSR count). The van der Waals surface area contributed by atoms with E-state index in [9.17, 15) is 4.39 Å².